The third-order valence-corrected chi connectivity index (χ3v) is 3.17. The van der Waals surface area contributed by atoms with Crippen molar-refractivity contribution in [2.24, 2.45) is 0 Å². The van der Waals surface area contributed by atoms with E-state index in [-0.39, 0.29) is 12.6 Å². The molecule has 3 N–H and O–H groups in total. The molecule has 1 aromatic carbocycles. The molecule has 104 valence electrons. The number of aliphatic hydroxyl groups excluding tert-OH is 1. The van der Waals surface area contributed by atoms with Crippen LogP contribution in [0.2, 0.25) is 0 Å². The second kappa shape index (κ2) is 5.59. The summed E-state index contributed by atoms with van der Waals surface area (Å²) < 4.78 is 5.33. The minimum absolute atomic E-state index is 0.0451. The van der Waals surface area contributed by atoms with Crippen LogP contribution in [-0.2, 0) is 18.0 Å². The zero-order chi connectivity index (χ0) is 13.9. The molecular weight excluding hydrogens is 244 g/mol. The Hall–Kier alpha value is -1.59. The second-order valence-corrected chi connectivity index (χ2v) is 5.41. The molecule has 1 aliphatic heterocycles. The number of carbonyl (C=O) groups excluding carboxylic acids is 1. The van der Waals surface area contributed by atoms with E-state index in [2.05, 4.69) is 10.6 Å². The van der Waals surface area contributed by atoms with E-state index in [1.807, 2.05) is 32.0 Å². The fourth-order valence-corrected chi connectivity index (χ4v) is 2.06. The van der Waals surface area contributed by atoms with Crippen LogP contribution in [0.1, 0.15) is 31.4 Å². The fourth-order valence-electron chi connectivity index (χ4n) is 2.06. The molecule has 0 saturated carbocycles. The molecule has 2 rings (SSSR count). The monoisotopic (exact) mass is 264 g/mol. The molecule has 0 radical (unpaired) electrons. The van der Waals surface area contributed by atoms with E-state index in [1.165, 1.54) is 5.56 Å². The minimum atomic E-state index is -0.432. The number of fused-ring (bicyclic) bond motifs is 1. The van der Waals surface area contributed by atoms with E-state index in [0.29, 0.717) is 19.6 Å². The predicted octanol–water partition coefficient (Wildman–Crippen LogP) is 2.00. The topological polar surface area (TPSA) is 70.6 Å². The van der Waals surface area contributed by atoms with Crippen LogP contribution in [0.25, 0.3) is 0 Å². The zero-order valence-electron chi connectivity index (χ0n) is 11.3. The van der Waals surface area contributed by atoms with Gasteiger partial charge in [-0.05, 0) is 43.5 Å². The first-order chi connectivity index (χ1) is 9.00. The molecule has 0 atom stereocenters. The van der Waals surface area contributed by atoms with Crippen LogP contribution in [0.15, 0.2) is 18.2 Å². The molecule has 0 bridgehead atoms. The van der Waals surface area contributed by atoms with Crippen molar-refractivity contribution in [3.8, 4) is 0 Å². The molecule has 5 heteroatoms. The largest absolute Gasteiger partial charge is 0.396 e. The van der Waals surface area contributed by atoms with Crippen LogP contribution < -0.4 is 10.6 Å². The molecule has 5 nitrogen and oxygen atoms in total. The van der Waals surface area contributed by atoms with Crippen molar-refractivity contribution in [1.29, 1.82) is 0 Å². The van der Waals surface area contributed by atoms with Crippen LogP contribution in [-0.4, -0.2) is 23.3 Å². The normalized spacial score (nSPS) is 14.1. The standard InChI is InChI=1S/C14H20N2O3/c1-14(2,5-6-17)16-13(18)15-12-4-3-10-8-19-9-11(10)7-12/h3-4,7,17H,5-6,8-9H2,1-2H3,(H2,15,16,18). The Morgan fingerprint density at radius 1 is 1.37 bits per heavy atom. The zero-order valence-corrected chi connectivity index (χ0v) is 11.3. The summed E-state index contributed by atoms with van der Waals surface area (Å²) in [5, 5.41) is 14.6. The van der Waals surface area contributed by atoms with Crippen molar-refractivity contribution in [1.82, 2.24) is 5.32 Å². The van der Waals surface area contributed by atoms with E-state index in [4.69, 9.17) is 9.84 Å². The van der Waals surface area contributed by atoms with Gasteiger partial charge in [-0.15, -0.1) is 0 Å². The highest BCUT2D eigenvalue weighted by Crippen LogP contribution is 2.23. The molecule has 1 aliphatic rings. The van der Waals surface area contributed by atoms with Crippen LogP contribution in [0.4, 0.5) is 10.5 Å². The van der Waals surface area contributed by atoms with Gasteiger partial charge in [0.25, 0.3) is 0 Å². The Morgan fingerprint density at radius 2 is 2.11 bits per heavy atom. The van der Waals surface area contributed by atoms with Crippen LogP contribution in [0, 0.1) is 0 Å². The molecule has 19 heavy (non-hydrogen) atoms. The molecule has 0 unspecified atom stereocenters. The number of nitrogens with one attached hydrogen (secondary N) is 2. The Morgan fingerprint density at radius 3 is 2.84 bits per heavy atom. The van der Waals surface area contributed by atoms with E-state index in [1.54, 1.807) is 0 Å². The van der Waals surface area contributed by atoms with Crippen molar-refractivity contribution in [2.45, 2.75) is 39.0 Å². The average Bonchev–Trinajstić information content (AvgIpc) is 2.74. The highest BCUT2D eigenvalue weighted by atomic mass is 16.5. The molecule has 0 aliphatic carbocycles. The first kappa shape index (κ1) is 13.8. The maximum atomic E-state index is 11.9. The summed E-state index contributed by atoms with van der Waals surface area (Å²) >= 11 is 0. The van der Waals surface area contributed by atoms with Gasteiger partial charge in [-0.1, -0.05) is 6.07 Å². The van der Waals surface area contributed by atoms with Crippen molar-refractivity contribution < 1.29 is 14.6 Å². The van der Waals surface area contributed by atoms with E-state index in [9.17, 15) is 4.79 Å². The molecule has 1 heterocycles. The minimum Gasteiger partial charge on any atom is -0.396 e. The fraction of sp³-hybridized carbons (Fsp3) is 0.500. The highest BCUT2D eigenvalue weighted by molar-refractivity contribution is 5.89. The maximum Gasteiger partial charge on any atom is 0.319 e. The first-order valence-corrected chi connectivity index (χ1v) is 6.40. The number of ether oxygens (including phenoxy) is 1. The number of rotatable bonds is 4. The van der Waals surface area contributed by atoms with Crippen LogP contribution in [0.3, 0.4) is 0 Å². The number of amides is 2. The van der Waals surface area contributed by atoms with Gasteiger partial charge in [-0.25, -0.2) is 4.79 Å². The molecule has 0 saturated heterocycles. The van der Waals surface area contributed by atoms with Crippen molar-refractivity contribution >= 4 is 11.7 Å². The summed E-state index contributed by atoms with van der Waals surface area (Å²) in [4.78, 5) is 11.9. The molecule has 2 amide bonds. The van der Waals surface area contributed by atoms with Gasteiger partial charge in [0.05, 0.1) is 13.2 Å². The lowest BCUT2D eigenvalue weighted by Crippen LogP contribution is -2.46. The third-order valence-electron chi connectivity index (χ3n) is 3.17. The van der Waals surface area contributed by atoms with Crippen LogP contribution in [0.5, 0.6) is 0 Å². The molecule has 0 fully saturated rings. The summed E-state index contributed by atoms with van der Waals surface area (Å²) in [6.45, 7) is 5.04. The molecule has 0 spiro atoms. The predicted molar refractivity (Wildman–Crippen MR) is 72.9 cm³/mol. The van der Waals surface area contributed by atoms with Crippen LogP contribution >= 0.6 is 0 Å². The Labute approximate surface area is 113 Å². The number of hydrogen-bond acceptors (Lipinski definition) is 3. The van der Waals surface area contributed by atoms with Gasteiger partial charge in [0, 0.05) is 17.8 Å². The summed E-state index contributed by atoms with van der Waals surface area (Å²) in [5.74, 6) is 0. The smallest absolute Gasteiger partial charge is 0.319 e. The van der Waals surface area contributed by atoms with Gasteiger partial charge in [-0.2, -0.15) is 0 Å². The number of aliphatic hydroxyl groups is 1. The van der Waals surface area contributed by atoms with Gasteiger partial charge >= 0.3 is 6.03 Å². The quantitative estimate of drug-likeness (QED) is 0.779. The SMILES string of the molecule is CC(C)(CCO)NC(=O)Nc1ccc2c(c1)COC2. The lowest BCUT2D eigenvalue weighted by molar-refractivity contribution is 0.134. The van der Waals surface area contributed by atoms with Gasteiger partial charge in [0.1, 0.15) is 0 Å². The number of hydrogen-bond donors (Lipinski definition) is 3. The van der Waals surface area contributed by atoms with Crippen molar-refractivity contribution in [3.63, 3.8) is 0 Å². The summed E-state index contributed by atoms with van der Waals surface area (Å²) in [6, 6.07) is 5.50. The Bertz CT molecular complexity index is 472. The van der Waals surface area contributed by atoms with Gasteiger partial charge in [0.2, 0.25) is 0 Å². The third kappa shape index (κ3) is 3.68. The maximum absolute atomic E-state index is 11.9. The van der Waals surface area contributed by atoms with Gasteiger partial charge in [0.15, 0.2) is 0 Å². The lowest BCUT2D eigenvalue weighted by atomic mass is 10.0. The van der Waals surface area contributed by atoms with Gasteiger partial charge < -0.3 is 20.5 Å². The highest BCUT2D eigenvalue weighted by Gasteiger charge is 2.20. The second-order valence-electron chi connectivity index (χ2n) is 5.41. The van der Waals surface area contributed by atoms with E-state index < -0.39 is 5.54 Å². The van der Waals surface area contributed by atoms with E-state index in [0.717, 1.165) is 11.3 Å². The first-order valence-electron chi connectivity index (χ1n) is 6.40. The number of urea groups is 1. The Balaban J connectivity index is 1.96. The number of anilines is 1. The summed E-state index contributed by atoms with van der Waals surface area (Å²) in [7, 11) is 0. The van der Waals surface area contributed by atoms with Crippen molar-refractivity contribution in [2.75, 3.05) is 11.9 Å². The molecular formula is C14H20N2O3. The number of carbonyl (C=O) groups is 1. The molecule has 1 aromatic rings. The van der Waals surface area contributed by atoms with Gasteiger partial charge in [-0.3, -0.25) is 0 Å². The van der Waals surface area contributed by atoms with Crippen molar-refractivity contribution in [3.05, 3.63) is 29.3 Å². The summed E-state index contributed by atoms with van der Waals surface area (Å²) in [6.07, 6.45) is 0.512. The molecule has 0 aromatic heterocycles. The lowest BCUT2D eigenvalue weighted by Gasteiger charge is -2.25. The summed E-state index contributed by atoms with van der Waals surface area (Å²) in [5.41, 5.74) is 2.61. The van der Waals surface area contributed by atoms with E-state index >= 15 is 0 Å². The number of benzene rings is 1. The average molecular weight is 264 g/mol. The Kier molecular flexibility index (Phi) is 4.07.